The van der Waals surface area contributed by atoms with Gasteiger partial charge in [-0.15, -0.1) is 11.6 Å². The van der Waals surface area contributed by atoms with Gasteiger partial charge in [-0.05, 0) is 77.6 Å². The van der Waals surface area contributed by atoms with Gasteiger partial charge in [0.25, 0.3) is 11.8 Å². The number of imide groups is 2. The van der Waals surface area contributed by atoms with Gasteiger partial charge in [-0.2, -0.15) is 0 Å². The summed E-state index contributed by atoms with van der Waals surface area (Å²) in [5.41, 5.74) is 5.60. The molecule has 6 rings (SSSR count). The van der Waals surface area contributed by atoms with Crippen molar-refractivity contribution in [3.8, 4) is 5.75 Å². The minimum absolute atomic E-state index is 0.00369. The number of halogens is 2. The first kappa shape index (κ1) is 33.8. The number of carbonyl (C=O) groups is 4. The number of likely N-dealkylation sites (N-methyl/N-ethyl adjacent to an activating group) is 1. The fourth-order valence-corrected chi connectivity index (χ4v) is 6.58. The molecule has 1 atom stereocenters. The fraction of sp³-hybridized carbons (Fsp3) is 0.231. The first-order chi connectivity index (χ1) is 23.7. The lowest BCUT2D eigenvalue weighted by Crippen LogP contribution is -2.54. The Labute approximate surface area is 289 Å². The van der Waals surface area contributed by atoms with Crippen LogP contribution in [-0.2, 0) is 16.1 Å². The number of nitrogens with zero attached hydrogens (tertiary/aromatic N) is 2. The van der Waals surface area contributed by atoms with E-state index in [-0.39, 0.29) is 24.0 Å². The summed E-state index contributed by atoms with van der Waals surface area (Å²) >= 11 is 6.28. The van der Waals surface area contributed by atoms with Crippen LogP contribution in [0.2, 0.25) is 0 Å². The Morgan fingerprint density at radius 2 is 1.55 bits per heavy atom. The molecule has 2 aliphatic rings. The molecule has 2 aliphatic heterocycles. The SMILES string of the molecule is CN(CCOc1ccc(C(=C(CCCl)c2ccccc2)c2ccccc2)cc1)Cc1cc(F)c2c(c1)C(=O)N(C1CCC(=O)NC1=O)C2=O. The van der Waals surface area contributed by atoms with E-state index in [2.05, 4.69) is 29.6 Å². The highest BCUT2D eigenvalue weighted by Gasteiger charge is 2.46. The van der Waals surface area contributed by atoms with Crippen LogP contribution in [0.1, 0.15) is 62.2 Å². The van der Waals surface area contributed by atoms with Crippen LogP contribution in [0.15, 0.2) is 97.1 Å². The molecular formula is C39H35ClFN3O5. The normalized spacial score (nSPS) is 16.5. The number of carbonyl (C=O) groups excluding carboxylic acids is 4. The molecule has 8 nitrogen and oxygen atoms in total. The first-order valence-electron chi connectivity index (χ1n) is 16.1. The number of amides is 4. The molecule has 1 saturated heterocycles. The third kappa shape index (κ3) is 7.33. The van der Waals surface area contributed by atoms with E-state index >= 15 is 4.39 Å². The second kappa shape index (κ2) is 15.0. The van der Waals surface area contributed by atoms with Gasteiger partial charge in [0, 0.05) is 25.4 Å². The summed E-state index contributed by atoms with van der Waals surface area (Å²) in [6.07, 6.45) is 0.699. The summed E-state index contributed by atoms with van der Waals surface area (Å²) in [6.45, 7) is 1.14. The molecule has 10 heteroatoms. The van der Waals surface area contributed by atoms with Crippen molar-refractivity contribution in [2.75, 3.05) is 26.1 Å². The van der Waals surface area contributed by atoms with Crippen LogP contribution in [0.4, 0.5) is 4.39 Å². The number of allylic oxidation sites excluding steroid dienone is 1. The minimum Gasteiger partial charge on any atom is -0.492 e. The van der Waals surface area contributed by atoms with E-state index in [1.54, 1.807) is 0 Å². The lowest BCUT2D eigenvalue weighted by molar-refractivity contribution is -0.136. The Balaban J connectivity index is 1.11. The summed E-state index contributed by atoms with van der Waals surface area (Å²) in [4.78, 5) is 52.7. The van der Waals surface area contributed by atoms with E-state index < -0.39 is 35.5 Å². The zero-order valence-electron chi connectivity index (χ0n) is 27.0. The van der Waals surface area contributed by atoms with Crippen molar-refractivity contribution in [1.29, 1.82) is 0 Å². The van der Waals surface area contributed by atoms with E-state index in [1.165, 1.54) is 12.1 Å². The van der Waals surface area contributed by atoms with E-state index in [0.29, 0.717) is 43.3 Å². The molecule has 4 aromatic rings. The Kier molecular flexibility index (Phi) is 10.3. The average molecular weight is 680 g/mol. The molecule has 0 radical (unpaired) electrons. The van der Waals surface area contributed by atoms with Gasteiger partial charge in [-0.1, -0.05) is 72.8 Å². The molecule has 1 unspecified atom stereocenters. The standard InChI is InChI=1S/C39H35ClFN3O5/c1-43(24-25-22-31-36(32(41)23-25)39(48)44(38(31)47)33-16-17-34(45)42-37(33)46)20-21-49-29-14-12-28(13-15-29)35(27-10-6-3-7-11-27)30(18-19-40)26-8-4-2-5-9-26/h2-15,22-23,33H,16-21,24H2,1H3,(H,42,45,46). The lowest BCUT2D eigenvalue weighted by atomic mass is 9.88. The van der Waals surface area contributed by atoms with Crippen LogP contribution in [0, 0.1) is 5.82 Å². The molecule has 1 N–H and O–H groups in total. The monoisotopic (exact) mass is 679 g/mol. The number of hydrogen-bond acceptors (Lipinski definition) is 6. The summed E-state index contributed by atoms with van der Waals surface area (Å²) < 4.78 is 21.2. The molecule has 1 fully saturated rings. The van der Waals surface area contributed by atoms with Gasteiger partial charge < -0.3 is 4.74 Å². The van der Waals surface area contributed by atoms with Gasteiger partial charge >= 0.3 is 0 Å². The molecule has 4 amide bonds. The lowest BCUT2D eigenvalue weighted by Gasteiger charge is -2.27. The second-order valence-electron chi connectivity index (χ2n) is 12.1. The first-order valence-corrected chi connectivity index (χ1v) is 16.6. The summed E-state index contributed by atoms with van der Waals surface area (Å²) in [7, 11) is 1.85. The zero-order valence-corrected chi connectivity index (χ0v) is 27.7. The number of alkyl halides is 1. The molecule has 0 spiro atoms. The quantitative estimate of drug-likeness (QED) is 0.107. The van der Waals surface area contributed by atoms with Gasteiger partial charge in [-0.3, -0.25) is 34.3 Å². The van der Waals surface area contributed by atoms with Crippen molar-refractivity contribution >= 4 is 46.4 Å². The number of ether oxygens (including phenoxy) is 1. The third-order valence-corrected chi connectivity index (χ3v) is 8.91. The van der Waals surface area contributed by atoms with Crippen LogP contribution < -0.4 is 10.1 Å². The number of piperidine rings is 1. The van der Waals surface area contributed by atoms with Gasteiger partial charge in [0.1, 0.15) is 24.2 Å². The maximum Gasteiger partial charge on any atom is 0.265 e. The molecule has 0 aliphatic carbocycles. The van der Waals surface area contributed by atoms with Crippen LogP contribution in [-0.4, -0.2) is 65.5 Å². The fourth-order valence-electron chi connectivity index (χ4n) is 6.39. The second-order valence-corrected chi connectivity index (χ2v) is 12.5. The number of rotatable bonds is 12. The molecule has 0 aromatic heterocycles. The Bertz CT molecular complexity index is 1910. The van der Waals surface area contributed by atoms with Crippen molar-refractivity contribution in [3.05, 3.63) is 136 Å². The Morgan fingerprint density at radius 3 is 2.20 bits per heavy atom. The third-order valence-electron chi connectivity index (χ3n) is 8.72. The maximum absolute atomic E-state index is 15.2. The predicted octanol–water partition coefficient (Wildman–Crippen LogP) is 6.33. The van der Waals surface area contributed by atoms with Crippen LogP contribution in [0.25, 0.3) is 11.1 Å². The van der Waals surface area contributed by atoms with Crippen LogP contribution >= 0.6 is 11.6 Å². The summed E-state index contributed by atoms with van der Waals surface area (Å²) in [5, 5.41) is 2.14. The summed E-state index contributed by atoms with van der Waals surface area (Å²) in [5.74, 6) is -2.46. The largest absolute Gasteiger partial charge is 0.492 e. The van der Waals surface area contributed by atoms with Crippen molar-refractivity contribution in [1.82, 2.24) is 15.1 Å². The Hall–Kier alpha value is -5.12. The van der Waals surface area contributed by atoms with Crippen molar-refractivity contribution < 1.29 is 28.3 Å². The van der Waals surface area contributed by atoms with Crippen molar-refractivity contribution in [2.24, 2.45) is 0 Å². The molecule has 2 heterocycles. The van der Waals surface area contributed by atoms with Crippen LogP contribution in [0.3, 0.4) is 0 Å². The summed E-state index contributed by atoms with van der Waals surface area (Å²) in [6, 6.07) is 30.0. The molecule has 250 valence electrons. The van der Waals surface area contributed by atoms with Crippen molar-refractivity contribution in [3.63, 3.8) is 0 Å². The van der Waals surface area contributed by atoms with Crippen molar-refractivity contribution in [2.45, 2.75) is 31.8 Å². The predicted molar refractivity (Wildman–Crippen MR) is 185 cm³/mol. The molecule has 4 aromatic carbocycles. The van der Waals surface area contributed by atoms with Gasteiger partial charge in [0.2, 0.25) is 11.8 Å². The molecular weight excluding hydrogens is 645 g/mol. The highest BCUT2D eigenvalue weighted by Crippen LogP contribution is 2.35. The topological polar surface area (TPSA) is 96.0 Å². The molecule has 0 bridgehead atoms. The van der Waals surface area contributed by atoms with E-state index in [4.69, 9.17) is 16.3 Å². The average Bonchev–Trinajstić information content (AvgIpc) is 3.35. The van der Waals surface area contributed by atoms with E-state index in [0.717, 1.165) is 32.7 Å². The molecule has 0 saturated carbocycles. The smallest absolute Gasteiger partial charge is 0.265 e. The Morgan fingerprint density at radius 1 is 0.898 bits per heavy atom. The van der Waals surface area contributed by atoms with Gasteiger partial charge in [-0.25, -0.2) is 4.39 Å². The number of fused-ring (bicyclic) bond motifs is 1. The van der Waals surface area contributed by atoms with E-state index in [1.807, 2.05) is 72.6 Å². The number of benzene rings is 4. The zero-order chi connectivity index (χ0) is 34.5. The van der Waals surface area contributed by atoms with Gasteiger partial charge in [0.05, 0.1) is 11.1 Å². The number of hydrogen-bond donors (Lipinski definition) is 1. The van der Waals surface area contributed by atoms with Crippen LogP contribution in [0.5, 0.6) is 5.75 Å². The maximum atomic E-state index is 15.2. The highest BCUT2D eigenvalue weighted by molar-refractivity contribution is 6.23. The molecule has 49 heavy (non-hydrogen) atoms. The van der Waals surface area contributed by atoms with E-state index in [9.17, 15) is 19.2 Å². The minimum atomic E-state index is -1.15. The van der Waals surface area contributed by atoms with Gasteiger partial charge in [0.15, 0.2) is 0 Å². The number of nitrogens with one attached hydrogen (secondary N) is 1. The highest BCUT2D eigenvalue weighted by atomic mass is 35.5.